The molecule has 2 N–H and O–H groups in total. The first-order valence-electron chi connectivity index (χ1n) is 8.00. The Labute approximate surface area is 166 Å². The van der Waals surface area contributed by atoms with Crippen molar-refractivity contribution < 1.29 is 36.3 Å². The summed E-state index contributed by atoms with van der Waals surface area (Å²) in [6.45, 7) is 1.73. The lowest BCUT2D eigenvalue weighted by Crippen LogP contribution is -2.32. The molecule has 0 aliphatic carbocycles. The van der Waals surface area contributed by atoms with Crippen molar-refractivity contribution in [3.8, 4) is 5.75 Å². The number of nitrogens with one attached hydrogen (secondary N) is 2. The number of alkyl halides is 3. The van der Waals surface area contributed by atoms with Gasteiger partial charge < -0.3 is 15.4 Å². The standard InChI is InChI=1S/C18H14ClF5N2O3/c1-8(18(22,23)24)29-15-7-14(25-9(2)27)13(21)6-10(15)17(28)26-16-11(19)4-3-5-12(16)20/h3-8H,1-2H3,(H,25,27)(H,26,28)/t8-/m0/s1. The second kappa shape index (κ2) is 8.64. The lowest BCUT2D eigenvalue weighted by atomic mass is 10.1. The molecule has 0 saturated carbocycles. The average molecular weight is 437 g/mol. The Kier molecular flexibility index (Phi) is 6.68. The zero-order valence-electron chi connectivity index (χ0n) is 15.0. The highest BCUT2D eigenvalue weighted by Gasteiger charge is 2.39. The van der Waals surface area contributed by atoms with Gasteiger partial charge in [-0.15, -0.1) is 0 Å². The molecule has 29 heavy (non-hydrogen) atoms. The molecule has 0 spiro atoms. The summed E-state index contributed by atoms with van der Waals surface area (Å²) in [5.74, 6) is -4.57. The lowest BCUT2D eigenvalue weighted by Gasteiger charge is -2.20. The predicted molar refractivity (Wildman–Crippen MR) is 96.2 cm³/mol. The molecule has 2 aromatic carbocycles. The van der Waals surface area contributed by atoms with E-state index >= 15 is 0 Å². The van der Waals surface area contributed by atoms with Gasteiger partial charge in [-0.25, -0.2) is 8.78 Å². The molecular weight excluding hydrogens is 423 g/mol. The highest BCUT2D eigenvalue weighted by atomic mass is 35.5. The normalized spacial score (nSPS) is 12.3. The van der Waals surface area contributed by atoms with E-state index in [1.807, 2.05) is 0 Å². The Hall–Kier alpha value is -2.88. The minimum Gasteiger partial charge on any atom is -0.480 e. The first kappa shape index (κ1) is 22.4. The largest absolute Gasteiger partial charge is 0.480 e. The van der Waals surface area contributed by atoms with E-state index in [-0.39, 0.29) is 5.02 Å². The second-order valence-electron chi connectivity index (χ2n) is 5.86. The van der Waals surface area contributed by atoms with Crippen LogP contribution in [0.3, 0.4) is 0 Å². The van der Waals surface area contributed by atoms with Crippen LogP contribution in [0.5, 0.6) is 5.75 Å². The number of amides is 2. The molecule has 2 amide bonds. The van der Waals surface area contributed by atoms with Crippen LogP contribution in [0.15, 0.2) is 30.3 Å². The van der Waals surface area contributed by atoms with Crippen LogP contribution in [0.2, 0.25) is 5.02 Å². The summed E-state index contributed by atoms with van der Waals surface area (Å²) in [6.07, 6.45) is -7.15. The van der Waals surface area contributed by atoms with Gasteiger partial charge in [0.2, 0.25) is 5.91 Å². The van der Waals surface area contributed by atoms with Crippen LogP contribution >= 0.6 is 11.6 Å². The lowest BCUT2D eigenvalue weighted by molar-refractivity contribution is -0.189. The van der Waals surface area contributed by atoms with Crippen molar-refractivity contribution in [2.24, 2.45) is 0 Å². The number of benzene rings is 2. The summed E-state index contributed by atoms with van der Waals surface area (Å²) < 4.78 is 71.5. The molecule has 0 aliphatic rings. The molecule has 11 heteroatoms. The average Bonchev–Trinajstić information content (AvgIpc) is 2.59. The minimum absolute atomic E-state index is 0.181. The van der Waals surface area contributed by atoms with E-state index < -0.39 is 58.4 Å². The number of rotatable bonds is 5. The summed E-state index contributed by atoms with van der Waals surface area (Å²) in [5, 5.41) is 3.96. The summed E-state index contributed by atoms with van der Waals surface area (Å²) in [6, 6.07) is 4.83. The zero-order valence-corrected chi connectivity index (χ0v) is 15.7. The highest BCUT2D eigenvalue weighted by Crippen LogP contribution is 2.33. The highest BCUT2D eigenvalue weighted by molar-refractivity contribution is 6.34. The van der Waals surface area contributed by atoms with E-state index in [9.17, 15) is 31.5 Å². The van der Waals surface area contributed by atoms with Crippen molar-refractivity contribution in [2.45, 2.75) is 26.1 Å². The van der Waals surface area contributed by atoms with Gasteiger partial charge in [-0.2, -0.15) is 13.2 Å². The molecule has 0 aromatic heterocycles. The van der Waals surface area contributed by atoms with Crippen molar-refractivity contribution in [1.29, 1.82) is 0 Å². The van der Waals surface area contributed by atoms with Crippen LogP contribution < -0.4 is 15.4 Å². The number of ether oxygens (including phenoxy) is 1. The molecule has 0 bridgehead atoms. The van der Waals surface area contributed by atoms with E-state index in [1.165, 1.54) is 12.1 Å². The van der Waals surface area contributed by atoms with E-state index in [4.69, 9.17) is 16.3 Å². The fraction of sp³-hybridized carbons (Fsp3) is 0.222. The van der Waals surface area contributed by atoms with Crippen LogP contribution in [-0.4, -0.2) is 24.1 Å². The number of para-hydroxylation sites is 1. The Morgan fingerprint density at radius 3 is 2.31 bits per heavy atom. The maximum atomic E-state index is 14.2. The van der Waals surface area contributed by atoms with E-state index in [1.54, 1.807) is 0 Å². The van der Waals surface area contributed by atoms with Crippen LogP contribution in [0, 0.1) is 11.6 Å². The van der Waals surface area contributed by atoms with E-state index in [2.05, 4.69) is 10.6 Å². The Morgan fingerprint density at radius 1 is 1.10 bits per heavy atom. The predicted octanol–water partition coefficient (Wildman–Crippen LogP) is 5.16. The molecule has 0 unspecified atom stereocenters. The Balaban J connectivity index is 2.49. The summed E-state index contributed by atoms with van der Waals surface area (Å²) in [5.41, 5.74) is -1.60. The third-order valence-electron chi connectivity index (χ3n) is 3.59. The quantitative estimate of drug-likeness (QED) is 0.636. The number of carbonyl (C=O) groups is 2. The van der Waals surface area contributed by atoms with Gasteiger partial charge in [-0.05, 0) is 25.1 Å². The summed E-state index contributed by atoms with van der Waals surface area (Å²) >= 11 is 5.80. The molecule has 1 atom stereocenters. The SMILES string of the molecule is CC(=O)Nc1cc(O[C@@H](C)C(F)(F)F)c(C(=O)Nc2c(F)cccc2Cl)cc1F. The van der Waals surface area contributed by atoms with E-state index in [0.29, 0.717) is 13.0 Å². The fourth-order valence-electron chi connectivity index (χ4n) is 2.17. The van der Waals surface area contributed by atoms with Crippen molar-refractivity contribution in [3.63, 3.8) is 0 Å². The molecule has 2 rings (SSSR count). The Morgan fingerprint density at radius 2 is 1.76 bits per heavy atom. The Bertz CT molecular complexity index is 930. The van der Waals surface area contributed by atoms with Gasteiger partial charge in [0.05, 0.1) is 22.0 Å². The third-order valence-corrected chi connectivity index (χ3v) is 3.91. The summed E-state index contributed by atoms with van der Waals surface area (Å²) in [4.78, 5) is 23.7. The van der Waals surface area contributed by atoms with Gasteiger partial charge in [-0.1, -0.05) is 17.7 Å². The number of hydrogen-bond acceptors (Lipinski definition) is 3. The van der Waals surface area contributed by atoms with Gasteiger partial charge in [0.25, 0.3) is 5.91 Å². The molecular formula is C18H14ClF5N2O3. The number of carbonyl (C=O) groups excluding carboxylic acids is 2. The molecule has 5 nitrogen and oxygen atoms in total. The van der Waals surface area contributed by atoms with Crippen LogP contribution in [0.4, 0.5) is 33.3 Å². The number of halogens is 6. The maximum Gasteiger partial charge on any atom is 0.425 e. The van der Waals surface area contributed by atoms with Crippen LogP contribution in [0.25, 0.3) is 0 Å². The maximum absolute atomic E-state index is 14.2. The molecule has 0 heterocycles. The van der Waals surface area contributed by atoms with Crippen molar-refractivity contribution in [1.82, 2.24) is 0 Å². The van der Waals surface area contributed by atoms with Gasteiger partial charge in [-0.3, -0.25) is 9.59 Å². The zero-order chi connectivity index (χ0) is 21.9. The number of hydrogen-bond donors (Lipinski definition) is 2. The third kappa shape index (κ3) is 5.57. The topological polar surface area (TPSA) is 67.4 Å². The van der Waals surface area contributed by atoms with Crippen LogP contribution in [0.1, 0.15) is 24.2 Å². The van der Waals surface area contributed by atoms with Gasteiger partial charge >= 0.3 is 6.18 Å². The molecule has 0 aliphatic heterocycles. The van der Waals surface area contributed by atoms with Crippen molar-refractivity contribution in [2.75, 3.05) is 10.6 Å². The molecule has 0 radical (unpaired) electrons. The fourth-order valence-corrected chi connectivity index (χ4v) is 2.38. The monoisotopic (exact) mass is 436 g/mol. The first-order valence-corrected chi connectivity index (χ1v) is 8.37. The molecule has 156 valence electrons. The van der Waals surface area contributed by atoms with Crippen LogP contribution in [-0.2, 0) is 4.79 Å². The number of anilines is 2. The second-order valence-corrected chi connectivity index (χ2v) is 6.27. The smallest absolute Gasteiger partial charge is 0.425 e. The first-order chi connectivity index (χ1) is 13.4. The van der Waals surface area contributed by atoms with E-state index in [0.717, 1.165) is 19.1 Å². The van der Waals surface area contributed by atoms with Gasteiger partial charge in [0.1, 0.15) is 17.4 Å². The molecule has 2 aromatic rings. The van der Waals surface area contributed by atoms with Gasteiger partial charge in [0.15, 0.2) is 6.10 Å². The molecule has 0 saturated heterocycles. The van der Waals surface area contributed by atoms with Crippen molar-refractivity contribution >= 4 is 34.8 Å². The minimum atomic E-state index is -4.79. The summed E-state index contributed by atoms with van der Waals surface area (Å²) in [7, 11) is 0. The van der Waals surface area contributed by atoms with Gasteiger partial charge in [0, 0.05) is 13.0 Å². The van der Waals surface area contributed by atoms with Crippen molar-refractivity contribution in [3.05, 3.63) is 52.6 Å². The molecule has 0 fully saturated rings.